The third-order valence-corrected chi connectivity index (χ3v) is 4.76. The fourth-order valence-corrected chi connectivity index (χ4v) is 3.34. The van der Waals surface area contributed by atoms with E-state index >= 15 is 0 Å². The van der Waals surface area contributed by atoms with Crippen LogP contribution in [-0.2, 0) is 6.18 Å². The molecule has 29 heavy (non-hydrogen) atoms. The number of urea groups is 1. The largest absolute Gasteiger partial charge is 0.418 e. The zero-order chi connectivity index (χ0) is 21.2. The Morgan fingerprint density at radius 3 is 2.59 bits per heavy atom. The molecule has 3 rings (SSSR count). The molecule has 0 spiro atoms. The van der Waals surface area contributed by atoms with E-state index in [-0.39, 0.29) is 5.13 Å². The molecule has 0 aliphatic heterocycles. The molecule has 0 radical (unpaired) electrons. The zero-order valence-electron chi connectivity index (χ0n) is 15.1. The maximum absolute atomic E-state index is 13.2. The molecule has 3 N–H and O–H groups in total. The Kier molecular flexibility index (Phi) is 5.64. The highest BCUT2D eigenvalue weighted by Crippen LogP contribution is 2.36. The van der Waals surface area contributed by atoms with E-state index in [0.717, 1.165) is 23.5 Å². The third kappa shape index (κ3) is 4.77. The van der Waals surface area contributed by atoms with Gasteiger partial charge in [0.05, 0.1) is 27.5 Å². The Hall–Kier alpha value is -3.28. The maximum Gasteiger partial charge on any atom is 0.418 e. The quantitative estimate of drug-likeness (QED) is 0.524. The predicted octanol–water partition coefficient (Wildman–Crippen LogP) is 4.75. The van der Waals surface area contributed by atoms with Crippen LogP contribution in [0.25, 0.3) is 10.6 Å². The predicted molar refractivity (Wildman–Crippen MR) is 101 cm³/mol. The second-order valence-electron chi connectivity index (χ2n) is 5.72. The Balaban J connectivity index is 1.79. The van der Waals surface area contributed by atoms with Crippen LogP contribution in [0.5, 0.6) is 0 Å². The van der Waals surface area contributed by atoms with Crippen LogP contribution in [0.1, 0.15) is 11.3 Å². The van der Waals surface area contributed by atoms with Gasteiger partial charge >= 0.3 is 12.2 Å². The standard InChI is InChI=1S/C17H14F4N6OS/c1-8-13(12-5-6-23-14(22-2)25-12)29-16(24-8)27-15(28)26-11-4-3-9(18)7-10(11)17(19,20)21/h3-7H,1-2H3,(H,22,23,25)(H2,24,26,27,28). The normalized spacial score (nSPS) is 11.2. The molecule has 2 aromatic heterocycles. The zero-order valence-corrected chi connectivity index (χ0v) is 15.9. The summed E-state index contributed by atoms with van der Waals surface area (Å²) in [5.41, 5.74) is -0.710. The van der Waals surface area contributed by atoms with Gasteiger partial charge in [0.1, 0.15) is 5.82 Å². The Bertz CT molecular complexity index is 1050. The van der Waals surface area contributed by atoms with Gasteiger partial charge in [-0.3, -0.25) is 5.32 Å². The highest BCUT2D eigenvalue weighted by Gasteiger charge is 2.34. The lowest BCUT2D eigenvalue weighted by Gasteiger charge is -2.13. The molecule has 0 saturated heterocycles. The SMILES string of the molecule is CNc1nccc(-c2sc(NC(=O)Nc3ccc(F)cc3C(F)(F)F)nc2C)n1. The second kappa shape index (κ2) is 7.99. The van der Waals surface area contributed by atoms with Gasteiger partial charge in [0, 0.05) is 13.2 Å². The summed E-state index contributed by atoms with van der Waals surface area (Å²) in [5, 5.41) is 7.42. The van der Waals surface area contributed by atoms with Crippen LogP contribution in [0.4, 0.5) is 39.1 Å². The first kappa shape index (κ1) is 20.5. The van der Waals surface area contributed by atoms with Crippen molar-refractivity contribution in [1.29, 1.82) is 0 Å². The van der Waals surface area contributed by atoms with Crippen molar-refractivity contribution in [3.05, 3.63) is 47.5 Å². The molecule has 152 valence electrons. The summed E-state index contributed by atoms with van der Waals surface area (Å²) < 4.78 is 52.3. The number of halogens is 4. The van der Waals surface area contributed by atoms with Gasteiger partial charge in [-0.25, -0.2) is 24.1 Å². The van der Waals surface area contributed by atoms with Gasteiger partial charge < -0.3 is 10.6 Å². The van der Waals surface area contributed by atoms with E-state index in [2.05, 4.69) is 30.9 Å². The Labute approximate surface area is 166 Å². The van der Waals surface area contributed by atoms with E-state index in [9.17, 15) is 22.4 Å². The fraction of sp³-hybridized carbons (Fsp3) is 0.176. The number of thiazole rings is 1. The first-order valence-corrected chi connectivity index (χ1v) is 8.92. The third-order valence-electron chi connectivity index (χ3n) is 3.66. The van der Waals surface area contributed by atoms with Gasteiger partial charge in [0.2, 0.25) is 5.95 Å². The lowest BCUT2D eigenvalue weighted by Crippen LogP contribution is -2.22. The van der Waals surface area contributed by atoms with Gasteiger partial charge in [-0.15, -0.1) is 0 Å². The van der Waals surface area contributed by atoms with E-state index in [1.54, 1.807) is 26.2 Å². The minimum absolute atomic E-state index is 0.162. The molecule has 3 aromatic rings. The van der Waals surface area contributed by atoms with Crippen LogP contribution in [0.2, 0.25) is 0 Å². The van der Waals surface area contributed by atoms with Crippen molar-refractivity contribution < 1.29 is 22.4 Å². The smallest absolute Gasteiger partial charge is 0.357 e. The van der Waals surface area contributed by atoms with Gasteiger partial charge in [0.25, 0.3) is 0 Å². The number of aromatic nitrogens is 3. The monoisotopic (exact) mass is 426 g/mol. The number of benzene rings is 1. The molecular weight excluding hydrogens is 412 g/mol. The van der Waals surface area contributed by atoms with Gasteiger partial charge in [-0.05, 0) is 31.2 Å². The first-order valence-electron chi connectivity index (χ1n) is 8.10. The van der Waals surface area contributed by atoms with Gasteiger partial charge in [-0.1, -0.05) is 11.3 Å². The summed E-state index contributed by atoms with van der Waals surface area (Å²) in [4.78, 5) is 25.3. The van der Waals surface area contributed by atoms with Crippen molar-refractivity contribution in [2.75, 3.05) is 23.0 Å². The molecule has 0 unspecified atom stereocenters. The molecule has 0 bridgehead atoms. The van der Waals surface area contributed by atoms with Crippen molar-refractivity contribution >= 4 is 34.1 Å². The number of carbonyl (C=O) groups is 1. The van der Waals surface area contributed by atoms with Crippen molar-refractivity contribution in [2.24, 2.45) is 0 Å². The molecule has 7 nitrogen and oxygen atoms in total. The summed E-state index contributed by atoms with van der Waals surface area (Å²) in [7, 11) is 1.67. The van der Waals surface area contributed by atoms with Crippen molar-refractivity contribution in [2.45, 2.75) is 13.1 Å². The number of hydrogen-bond acceptors (Lipinski definition) is 6. The average Bonchev–Trinajstić information content (AvgIpc) is 3.02. The Morgan fingerprint density at radius 2 is 1.90 bits per heavy atom. The lowest BCUT2D eigenvalue weighted by atomic mass is 10.1. The minimum Gasteiger partial charge on any atom is -0.357 e. The molecule has 0 fully saturated rings. The topological polar surface area (TPSA) is 91.8 Å². The average molecular weight is 426 g/mol. The number of rotatable bonds is 4. The van der Waals surface area contributed by atoms with Crippen LogP contribution in [-0.4, -0.2) is 28.0 Å². The molecule has 2 heterocycles. The summed E-state index contributed by atoms with van der Waals surface area (Å²) in [5.74, 6) is -0.659. The van der Waals surface area contributed by atoms with Gasteiger partial charge in [0.15, 0.2) is 5.13 Å². The molecule has 0 atom stereocenters. The molecule has 1 aromatic carbocycles. The number of hydrogen-bond donors (Lipinski definition) is 3. The summed E-state index contributed by atoms with van der Waals surface area (Å²) in [6.45, 7) is 1.71. The minimum atomic E-state index is -4.83. The van der Waals surface area contributed by atoms with Crippen LogP contribution in [0.15, 0.2) is 30.5 Å². The molecule has 0 aliphatic carbocycles. The fourth-order valence-electron chi connectivity index (χ4n) is 2.40. The maximum atomic E-state index is 13.2. The first-order chi connectivity index (χ1) is 13.7. The summed E-state index contributed by atoms with van der Waals surface area (Å²) in [6, 6.07) is 2.71. The molecule has 0 saturated carbocycles. The number of carbonyl (C=O) groups excluding carboxylic acids is 1. The van der Waals surface area contributed by atoms with E-state index in [1.165, 1.54) is 0 Å². The van der Waals surface area contributed by atoms with E-state index in [1.807, 2.05) is 0 Å². The highest BCUT2D eigenvalue weighted by molar-refractivity contribution is 7.19. The molecule has 2 amide bonds. The molecular formula is C17H14F4N6OS. The van der Waals surface area contributed by atoms with E-state index < -0.39 is 29.3 Å². The van der Waals surface area contributed by atoms with E-state index in [4.69, 9.17) is 0 Å². The van der Waals surface area contributed by atoms with Crippen molar-refractivity contribution in [1.82, 2.24) is 15.0 Å². The molecule has 12 heteroatoms. The van der Waals surface area contributed by atoms with Crippen LogP contribution < -0.4 is 16.0 Å². The molecule has 0 aliphatic rings. The number of alkyl halides is 3. The van der Waals surface area contributed by atoms with Crippen LogP contribution in [0, 0.1) is 12.7 Å². The van der Waals surface area contributed by atoms with Crippen molar-refractivity contribution in [3.8, 4) is 10.6 Å². The van der Waals surface area contributed by atoms with Crippen LogP contribution >= 0.6 is 11.3 Å². The summed E-state index contributed by atoms with van der Waals surface area (Å²) >= 11 is 1.10. The number of aryl methyl sites for hydroxylation is 1. The summed E-state index contributed by atoms with van der Waals surface area (Å²) in [6.07, 6.45) is -3.27. The second-order valence-corrected chi connectivity index (χ2v) is 6.71. The van der Waals surface area contributed by atoms with E-state index in [0.29, 0.717) is 28.3 Å². The van der Waals surface area contributed by atoms with Crippen molar-refractivity contribution in [3.63, 3.8) is 0 Å². The number of nitrogens with zero attached hydrogens (tertiary/aromatic N) is 3. The highest BCUT2D eigenvalue weighted by atomic mass is 32.1. The number of amides is 2. The Morgan fingerprint density at radius 1 is 1.14 bits per heavy atom. The lowest BCUT2D eigenvalue weighted by molar-refractivity contribution is -0.137. The van der Waals surface area contributed by atoms with Crippen LogP contribution in [0.3, 0.4) is 0 Å². The number of anilines is 3. The van der Waals surface area contributed by atoms with Gasteiger partial charge in [-0.2, -0.15) is 13.2 Å². The number of nitrogens with one attached hydrogen (secondary N) is 3.